The standard InChI is InChI=1S/C12H11F3N4O2/c13-12(14,15)7-10(20)16-5-6-19-11(21)8-3-1-2-4-9(8)17-18-19/h1-4H,5-7H2,(H,16,20). The molecule has 9 heteroatoms. The first-order valence-electron chi connectivity index (χ1n) is 6.03. The van der Waals surface area contributed by atoms with E-state index in [2.05, 4.69) is 15.6 Å². The summed E-state index contributed by atoms with van der Waals surface area (Å²) in [6.07, 6.45) is -6.10. The Morgan fingerprint density at radius 1 is 1.29 bits per heavy atom. The van der Waals surface area contributed by atoms with Crippen molar-refractivity contribution in [1.29, 1.82) is 0 Å². The smallest absolute Gasteiger partial charge is 0.354 e. The average molecular weight is 300 g/mol. The van der Waals surface area contributed by atoms with Gasteiger partial charge in [-0.15, -0.1) is 5.10 Å². The van der Waals surface area contributed by atoms with Gasteiger partial charge in [0.15, 0.2) is 0 Å². The lowest BCUT2D eigenvalue weighted by Gasteiger charge is -2.08. The first-order valence-corrected chi connectivity index (χ1v) is 6.03. The van der Waals surface area contributed by atoms with Crippen molar-refractivity contribution in [2.45, 2.75) is 19.1 Å². The van der Waals surface area contributed by atoms with Crippen LogP contribution in [0.2, 0.25) is 0 Å². The lowest BCUT2D eigenvalue weighted by molar-refractivity contribution is -0.153. The van der Waals surface area contributed by atoms with E-state index in [1.807, 2.05) is 0 Å². The highest BCUT2D eigenvalue weighted by atomic mass is 19.4. The van der Waals surface area contributed by atoms with Gasteiger partial charge in [0.2, 0.25) is 5.91 Å². The van der Waals surface area contributed by atoms with Gasteiger partial charge in [-0.2, -0.15) is 13.2 Å². The molecule has 0 aliphatic heterocycles. The Hall–Kier alpha value is -2.45. The van der Waals surface area contributed by atoms with Crippen LogP contribution in [0, 0.1) is 0 Å². The summed E-state index contributed by atoms with van der Waals surface area (Å²) in [4.78, 5) is 23.0. The second kappa shape index (κ2) is 5.90. The van der Waals surface area contributed by atoms with E-state index >= 15 is 0 Å². The van der Waals surface area contributed by atoms with Crippen LogP contribution in [-0.4, -0.2) is 33.6 Å². The van der Waals surface area contributed by atoms with Crippen molar-refractivity contribution in [3.63, 3.8) is 0 Å². The first-order chi connectivity index (χ1) is 9.87. The van der Waals surface area contributed by atoms with E-state index in [0.717, 1.165) is 4.68 Å². The summed E-state index contributed by atoms with van der Waals surface area (Å²) in [6, 6.07) is 6.57. The highest BCUT2D eigenvalue weighted by molar-refractivity contribution is 5.77. The monoisotopic (exact) mass is 300 g/mol. The molecular formula is C12H11F3N4O2. The molecule has 2 rings (SSSR count). The molecule has 21 heavy (non-hydrogen) atoms. The molecule has 112 valence electrons. The van der Waals surface area contributed by atoms with E-state index in [9.17, 15) is 22.8 Å². The van der Waals surface area contributed by atoms with Gasteiger partial charge >= 0.3 is 6.18 Å². The molecule has 0 unspecified atom stereocenters. The minimum atomic E-state index is -4.55. The molecule has 1 aromatic carbocycles. The molecule has 0 aliphatic rings. The van der Waals surface area contributed by atoms with Crippen LogP contribution in [0.4, 0.5) is 13.2 Å². The van der Waals surface area contributed by atoms with Crippen LogP contribution >= 0.6 is 0 Å². The fourth-order valence-corrected chi connectivity index (χ4v) is 1.72. The normalized spacial score (nSPS) is 11.6. The highest BCUT2D eigenvalue weighted by Crippen LogP contribution is 2.18. The van der Waals surface area contributed by atoms with Crippen LogP contribution in [0.5, 0.6) is 0 Å². The molecule has 1 N–H and O–H groups in total. The van der Waals surface area contributed by atoms with E-state index in [0.29, 0.717) is 10.9 Å². The third-order valence-corrected chi connectivity index (χ3v) is 2.64. The molecule has 0 fully saturated rings. The van der Waals surface area contributed by atoms with Crippen molar-refractivity contribution in [2.24, 2.45) is 0 Å². The average Bonchev–Trinajstić information content (AvgIpc) is 2.40. The van der Waals surface area contributed by atoms with Gasteiger partial charge in [0.1, 0.15) is 11.9 Å². The molecule has 1 heterocycles. The summed E-state index contributed by atoms with van der Waals surface area (Å²) in [7, 11) is 0. The maximum Gasteiger partial charge on any atom is 0.397 e. The minimum absolute atomic E-state index is 0.0553. The van der Waals surface area contributed by atoms with Crippen LogP contribution in [0.1, 0.15) is 6.42 Å². The van der Waals surface area contributed by atoms with E-state index in [1.165, 1.54) is 0 Å². The minimum Gasteiger partial charge on any atom is -0.354 e. The molecule has 0 spiro atoms. The SMILES string of the molecule is O=C(CC(F)(F)F)NCCn1nnc2ccccc2c1=O. The fourth-order valence-electron chi connectivity index (χ4n) is 1.72. The van der Waals surface area contributed by atoms with E-state index in [1.54, 1.807) is 24.3 Å². The maximum absolute atomic E-state index is 12.0. The van der Waals surface area contributed by atoms with Gasteiger partial charge in [-0.25, -0.2) is 4.68 Å². The molecular weight excluding hydrogens is 289 g/mol. The molecule has 0 aliphatic carbocycles. The van der Waals surface area contributed by atoms with Gasteiger partial charge in [0.25, 0.3) is 5.56 Å². The summed E-state index contributed by atoms with van der Waals surface area (Å²) in [6.45, 7) is -0.192. The highest BCUT2D eigenvalue weighted by Gasteiger charge is 2.30. The van der Waals surface area contributed by atoms with E-state index < -0.39 is 24.1 Å². The van der Waals surface area contributed by atoms with Crippen LogP contribution in [0.3, 0.4) is 0 Å². The van der Waals surface area contributed by atoms with E-state index in [-0.39, 0.29) is 13.1 Å². The zero-order valence-electron chi connectivity index (χ0n) is 10.7. The number of benzene rings is 1. The van der Waals surface area contributed by atoms with Crippen molar-refractivity contribution in [3.8, 4) is 0 Å². The Balaban J connectivity index is 2.00. The van der Waals surface area contributed by atoms with Crippen molar-refractivity contribution >= 4 is 16.8 Å². The van der Waals surface area contributed by atoms with Gasteiger partial charge in [0, 0.05) is 6.54 Å². The number of aromatic nitrogens is 3. The van der Waals surface area contributed by atoms with Gasteiger partial charge in [-0.3, -0.25) is 9.59 Å². The molecule has 6 nitrogen and oxygen atoms in total. The number of amides is 1. The Kier molecular flexibility index (Phi) is 4.20. The van der Waals surface area contributed by atoms with Gasteiger partial charge < -0.3 is 5.32 Å². The van der Waals surface area contributed by atoms with Crippen LogP contribution in [0.25, 0.3) is 10.9 Å². The summed E-state index contributed by atoms with van der Waals surface area (Å²) in [5, 5.41) is 9.91. The van der Waals surface area contributed by atoms with Crippen molar-refractivity contribution in [2.75, 3.05) is 6.54 Å². The Morgan fingerprint density at radius 3 is 2.71 bits per heavy atom. The third-order valence-electron chi connectivity index (χ3n) is 2.64. The molecule has 0 radical (unpaired) electrons. The fraction of sp³-hybridized carbons (Fsp3) is 0.333. The number of nitrogens with zero attached hydrogens (tertiary/aromatic N) is 3. The number of rotatable bonds is 4. The quantitative estimate of drug-likeness (QED) is 0.908. The van der Waals surface area contributed by atoms with Crippen molar-refractivity contribution in [1.82, 2.24) is 20.3 Å². The zero-order valence-corrected chi connectivity index (χ0v) is 10.7. The zero-order chi connectivity index (χ0) is 15.5. The first kappa shape index (κ1) is 14.9. The predicted molar refractivity (Wildman–Crippen MR) is 67.5 cm³/mol. The maximum atomic E-state index is 12.0. The van der Waals surface area contributed by atoms with Crippen molar-refractivity contribution < 1.29 is 18.0 Å². The predicted octanol–water partition coefficient (Wildman–Crippen LogP) is 0.860. The molecule has 0 atom stereocenters. The number of halogens is 3. The number of nitrogens with one attached hydrogen (secondary N) is 1. The van der Waals surface area contributed by atoms with Gasteiger partial charge in [0.05, 0.1) is 11.9 Å². The summed E-state index contributed by atoms with van der Waals surface area (Å²) in [5.41, 5.74) is 0.0190. The summed E-state index contributed by atoms with van der Waals surface area (Å²) in [5.74, 6) is -1.15. The number of carbonyl (C=O) groups excluding carboxylic acids is 1. The lowest BCUT2D eigenvalue weighted by Crippen LogP contribution is -2.34. The molecule has 0 bridgehead atoms. The number of fused-ring (bicyclic) bond motifs is 1. The van der Waals surface area contributed by atoms with Gasteiger partial charge in [-0.05, 0) is 12.1 Å². The summed E-state index contributed by atoms with van der Waals surface area (Å²) < 4.78 is 36.9. The largest absolute Gasteiger partial charge is 0.397 e. The van der Waals surface area contributed by atoms with Crippen LogP contribution in [0.15, 0.2) is 29.1 Å². The Labute approximate surface area is 116 Å². The Morgan fingerprint density at radius 2 is 2.00 bits per heavy atom. The molecule has 2 aromatic rings. The topological polar surface area (TPSA) is 76.9 Å². The second-order valence-electron chi connectivity index (χ2n) is 4.28. The van der Waals surface area contributed by atoms with Crippen LogP contribution in [-0.2, 0) is 11.3 Å². The second-order valence-corrected chi connectivity index (χ2v) is 4.28. The van der Waals surface area contributed by atoms with Gasteiger partial charge in [-0.1, -0.05) is 17.3 Å². The van der Waals surface area contributed by atoms with Crippen molar-refractivity contribution in [3.05, 3.63) is 34.6 Å². The number of hydrogen-bond donors (Lipinski definition) is 1. The molecule has 1 amide bonds. The number of hydrogen-bond acceptors (Lipinski definition) is 4. The summed E-state index contributed by atoms with van der Waals surface area (Å²) >= 11 is 0. The molecule has 0 saturated heterocycles. The Bertz CT molecular complexity index is 711. The van der Waals surface area contributed by atoms with E-state index in [4.69, 9.17) is 0 Å². The molecule has 0 saturated carbocycles. The number of alkyl halides is 3. The molecule has 1 aromatic heterocycles. The third kappa shape index (κ3) is 4.01. The lowest BCUT2D eigenvalue weighted by atomic mass is 10.2. The number of carbonyl (C=O) groups is 1. The van der Waals surface area contributed by atoms with Crippen LogP contribution < -0.4 is 10.9 Å².